The van der Waals surface area contributed by atoms with E-state index in [0.29, 0.717) is 0 Å². The van der Waals surface area contributed by atoms with E-state index in [-0.39, 0.29) is 11.0 Å². The van der Waals surface area contributed by atoms with Gasteiger partial charge in [0.05, 0.1) is 6.20 Å². The number of thiazole rings is 1. The van der Waals surface area contributed by atoms with Crippen molar-refractivity contribution in [1.82, 2.24) is 15.0 Å². The molecule has 0 unspecified atom stereocenters. The molecule has 2 aromatic rings. The molecule has 0 aliphatic carbocycles. The highest BCUT2D eigenvalue weighted by Gasteiger charge is 2.09. The molecule has 8 heteroatoms. The van der Waals surface area contributed by atoms with Crippen molar-refractivity contribution < 1.29 is 4.39 Å². The molecule has 0 saturated heterocycles. The van der Waals surface area contributed by atoms with Crippen LogP contribution in [0.5, 0.6) is 0 Å². The fourth-order valence-electron chi connectivity index (χ4n) is 0.836. The molecule has 2 aromatic heterocycles. The van der Waals surface area contributed by atoms with Gasteiger partial charge in [-0.3, -0.25) is 5.43 Å². The summed E-state index contributed by atoms with van der Waals surface area (Å²) in [4.78, 5) is 11.5. The quantitative estimate of drug-likeness (QED) is 0.483. The van der Waals surface area contributed by atoms with Crippen molar-refractivity contribution in [3.63, 3.8) is 0 Å². The molecule has 0 fully saturated rings. The molecule has 0 atom stereocenters. The van der Waals surface area contributed by atoms with E-state index in [0.717, 1.165) is 22.3 Å². The van der Waals surface area contributed by atoms with Crippen LogP contribution in [-0.2, 0) is 0 Å². The van der Waals surface area contributed by atoms with Gasteiger partial charge in [-0.1, -0.05) is 0 Å². The summed E-state index contributed by atoms with van der Waals surface area (Å²) in [5.74, 6) is 4.81. The topological polar surface area (TPSA) is 76.7 Å². The first-order valence-corrected chi connectivity index (χ1v) is 5.55. The minimum absolute atomic E-state index is 0.176. The van der Waals surface area contributed by atoms with E-state index in [4.69, 9.17) is 5.84 Å². The molecule has 0 aliphatic rings. The summed E-state index contributed by atoms with van der Waals surface area (Å²) in [5.41, 5.74) is 2.25. The first-order chi connectivity index (χ1) is 7.29. The minimum atomic E-state index is -0.491. The number of nitrogens with one attached hydrogen (secondary N) is 1. The van der Waals surface area contributed by atoms with Crippen LogP contribution in [-0.4, -0.2) is 15.0 Å². The molecular formula is C7H6FN5S2. The Morgan fingerprint density at radius 3 is 3.00 bits per heavy atom. The van der Waals surface area contributed by atoms with E-state index in [1.54, 1.807) is 6.20 Å². The molecule has 2 rings (SSSR count). The van der Waals surface area contributed by atoms with E-state index >= 15 is 0 Å². The van der Waals surface area contributed by atoms with Crippen molar-refractivity contribution in [2.45, 2.75) is 9.37 Å². The maximum atomic E-state index is 13.3. The lowest BCUT2D eigenvalue weighted by molar-refractivity contribution is 0.580. The zero-order valence-corrected chi connectivity index (χ0v) is 8.98. The maximum absolute atomic E-state index is 13.3. The van der Waals surface area contributed by atoms with E-state index < -0.39 is 5.82 Å². The van der Waals surface area contributed by atoms with Gasteiger partial charge in [-0.2, -0.15) is 0 Å². The van der Waals surface area contributed by atoms with Gasteiger partial charge in [0.1, 0.15) is 5.03 Å². The van der Waals surface area contributed by atoms with E-state index in [9.17, 15) is 4.39 Å². The number of halogens is 1. The number of nitrogens with zero attached hydrogens (tertiary/aromatic N) is 3. The molecule has 0 radical (unpaired) electrons. The molecule has 0 saturated carbocycles. The number of aromatic nitrogens is 3. The standard InChI is InChI=1S/C7H6FN5S2/c8-4-3-11-6(13-9)12-5(4)15-7-10-1-2-14-7/h1-3H,9H2,(H,11,12,13). The Labute approximate surface area is 92.9 Å². The van der Waals surface area contributed by atoms with Gasteiger partial charge in [-0.25, -0.2) is 25.2 Å². The normalized spacial score (nSPS) is 10.3. The second-order valence-corrected chi connectivity index (χ2v) is 4.52. The summed E-state index contributed by atoms with van der Waals surface area (Å²) in [6.45, 7) is 0. The average Bonchev–Trinajstić information content (AvgIpc) is 2.74. The van der Waals surface area contributed by atoms with Crippen molar-refractivity contribution in [3.05, 3.63) is 23.6 Å². The van der Waals surface area contributed by atoms with Gasteiger partial charge in [0.25, 0.3) is 0 Å². The predicted molar refractivity (Wildman–Crippen MR) is 56.0 cm³/mol. The number of nitrogen functional groups attached to an aromatic ring is 1. The van der Waals surface area contributed by atoms with Gasteiger partial charge in [0, 0.05) is 11.6 Å². The van der Waals surface area contributed by atoms with Crippen molar-refractivity contribution in [3.8, 4) is 0 Å². The average molecular weight is 243 g/mol. The largest absolute Gasteiger partial charge is 0.292 e. The highest BCUT2D eigenvalue weighted by molar-refractivity contribution is 8.01. The second kappa shape index (κ2) is 4.51. The summed E-state index contributed by atoms with van der Waals surface area (Å²) in [6.07, 6.45) is 2.71. The maximum Gasteiger partial charge on any atom is 0.238 e. The molecule has 15 heavy (non-hydrogen) atoms. The summed E-state index contributed by atoms with van der Waals surface area (Å²) in [6, 6.07) is 0. The first-order valence-electron chi connectivity index (χ1n) is 3.86. The van der Waals surface area contributed by atoms with Crippen molar-refractivity contribution in [2.24, 2.45) is 5.84 Å². The monoisotopic (exact) mass is 243 g/mol. The lowest BCUT2D eigenvalue weighted by Crippen LogP contribution is -2.11. The van der Waals surface area contributed by atoms with Crippen LogP contribution in [0.15, 0.2) is 27.1 Å². The third-order valence-electron chi connectivity index (χ3n) is 1.43. The third-order valence-corrected chi connectivity index (χ3v) is 3.30. The van der Waals surface area contributed by atoms with E-state index in [1.165, 1.54) is 11.3 Å². The number of hydrogen-bond acceptors (Lipinski definition) is 7. The van der Waals surface area contributed by atoms with Crippen LogP contribution in [0.2, 0.25) is 0 Å². The van der Waals surface area contributed by atoms with Crippen LogP contribution in [0.1, 0.15) is 0 Å². The van der Waals surface area contributed by atoms with Gasteiger partial charge >= 0.3 is 0 Å². The van der Waals surface area contributed by atoms with Gasteiger partial charge in [-0.15, -0.1) is 11.3 Å². The van der Waals surface area contributed by atoms with Gasteiger partial charge in [0.15, 0.2) is 10.2 Å². The van der Waals surface area contributed by atoms with E-state index in [2.05, 4.69) is 20.4 Å². The minimum Gasteiger partial charge on any atom is -0.292 e. The number of hydrazine groups is 1. The summed E-state index contributed by atoms with van der Waals surface area (Å²) in [5, 5.41) is 2.01. The van der Waals surface area contributed by atoms with Crippen LogP contribution in [0.4, 0.5) is 10.3 Å². The Kier molecular flexibility index (Phi) is 3.09. The highest BCUT2D eigenvalue weighted by Crippen LogP contribution is 2.29. The number of nitrogens with two attached hydrogens (primary N) is 1. The molecule has 0 spiro atoms. The van der Waals surface area contributed by atoms with Crippen LogP contribution in [0.25, 0.3) is 0 Å². The van der Waals surface area contributed by atoms with Crippen LogP contribution in [0.3, 0.4) is 0 Å². The smallest absolute Gasteiger partial charge is 0.238 e. The SMILES string of the molecule is NNc1ncc(F)c(Sc2nccs2)n1. The van der Waals surface area contributed by atoms with Gasteiger partial charge in [-0.05, 0) is 11.8 Å². The molecule has 0 aliphatic heterocycles. The first kappa shape index (κ1) is 10.3. The fraction of sp³-hybridized carbons (Fsp3) is 0. The molecule has 0 aromatic carbocycles. The van der Waals surface area contributed by atoms with Crippen LogP contribution < -0.4 is 11.3 Å². The lowest BCUT2D eigenvalue weighted by Gasteiger charge is -2.01. The zero-order chi connectivity index (χ0) is 10.7. The summed E-state index contributed by atoms with van der Waals surface area (Å²) < 4.78 is 14.0. The number of hydrogen-bond donors (Lipinski definition) is 2. The zero-order valence-electron chi connectivity index (χ0n) is 7.35. The van der Waals surface area contributed by atoms with Crippen molar-refractivity contribution in [1.29, 1.82) is 0 Å². The third kappa shape index (κ3) is 2.41. The Hall–Kier alpha value is -1.25. The number of anilines is 1. The number of rotatable bonds is 3. The molecule has 3 N–H and O–H groups in total. The molecule has 0 amide bonds. The van der Waals surface area contributed by atoms with Gasteiger partial charge in [0.2, 0.25) is 5.95 Å². The Morgan fingerprint density at radius 1 is 1.47 bits per heavy atom. The van der Waals surface area contributed by atoms with Gasteiger partial charge < -0.3 is 0 Å². The van der Waals surface area contributed by atoms with Crippen LogP contribution in [0, 0.1) is 5.82 Å². The Balaban J connectivity index is 2.27. The lowest BCUT2D eigenvalue weighted by atomic mass is 10.6. The molecule has 5 nitrogen and oxygen atoms in total. The highest BCUT2D eigenvalue weighted by atomic mass is 32.2. The second-order valence-electron chi connectivity index (χ2n) is 2.39. The summed E-state index contributed by atoms with van der Waals surface area (Å²) in [7, 11) is 0. The molecule has 78 valence electrons. The summed E-state index contributed by atoms with van der Waals surface area (Å²) >= 11 is 2.55. The fourth-order valence-corrected chi connectivity index (χ4v) is 2.35. The van der Waals surface area contributed by atoms with Crippen molar-refractivity contribution >= 4 is 29.0 Å². The Morgan fingerprint density at radius 2 is 2.33 bits per heavy atom. The van der Waals surface area contributed by atoms with E-state index in [1.807, 2.05) is 5.38 Å². The van der Waals surface area contributed by atoms with Crippen LogP contribution >= 0.6 is 23.1 Å². The molecular weight excluding hydrogens is 237 g/mol. The Bertz CT molecular complexity index is 447. The molecule has 0 bridgehead atoms. The molecule has 2 heterocycles. The van der Waals surface area contributed by atoms with Crippen molar-refractivity contribution in [2.75, 3.05) is 5.43 Å². The predicted octanol–water partition coefficient (Wildman–Crippen LogP) is 1.51.